The summed E-state index contributed by atoms with van der Waals surface area (Å²) in [5, 5.41) is 8.86. The Morgan fingerprint density at radius 1 is 1.62 bits per heavy atom. The van der Waals surface area contributed by atoms with Crippen molar-refractivity contribution in [2.75, 3.05) is 26.7 Å². The molecule has 0 saturated carbocycles. The van der Waals surface area contributed by atoms with Crippen LogP contribution in [0.25, 0.3) is 0 Å². The zero-order valence-corrected chi connectivity index (χ0v) is 10.1. The van der Waals surface area contributed by atoms with E-state index in [2.05, 4.69) is 4.90 Å². The maximum Gasteiger partial charge on any atom is 0.331 e. The first-order valence-corrected chi connectivity index (χ1v) is 5.86. The molecule has 1 atom stereocenters. The number of likely N-dealkylation sites (N-methyl/N-ethyl adjacent to an activating group) is 1. The number of rotatable bonds is 6. The Morgan fingerprint density at radius 3 is 2.88 bits per heavy atom. The number of aliphatic carboxylic acids is 1. The molecule has 1 heterocycles. The molecule has 16 heavy (non-hydrogen) atoms. The van der Waals surface area contributed by atoms with Gasteiger partial charge in [0.2, 0.25) is 0 Å². The number of ether oxygens (including phenoxy) is 1. The lowest BCUT2D eigenvalue weighted by molar-refractivity contribution is -0.132. The predicted octanol–water partition coefficient (Wildman–Crippen LogP) is 1.52. The third-order valence-electron chi connectivity index (χ3n) is 2.84. The van der Waals surface area contributed by atoms with Crippen molar-refractivity contribution in [2.45, 2.75) is 32.3 Å². The lowest BCUT2D eigenvalue weighted by atomic mass is 10.2. The maximum absolute atomic E-state index is 10.8. The molecule has 1 aliphatic rings. The van der Waals surface area contributed by atoms with Crippen molar-refractivity contribution in [2.24, 2.45) is 0 Å². The van der Waals surface area contributed by atoms with E-state index in [0.29, 0.717) is 24.6 Å². The maximum atomic E-state index is 10.8. The van der Waals surface area contributed by atoms with Crippen LogP contribution < -0.4 is 0 Å². The van der Waals surface area contributed by atoms with Gasteiger partial charge < -0.3 is 14.7 Å². The second-order valence-electron chi connectivity index (χ2n) is 4.24. The van der Waals surface area contributed by atoms with E-state index < -0.39 is 5.97 Å². The number of carboxylic acids is 1. The second kappa shape index (κ2) is 6.66. The normalized spacial score (nSPS) is 21.7. The molecule has 0 aromatic carbocycles. The van der Waals surface area contributed by atoms with Gasteiger partial charge in [-0.1, -0.05) is 13.0 Å². The standard InChI is InChI=1S/C12H21NO3/c1-3-10(12(14)15)6-7-13(2)9-11-5-4-8-16-11/h6,11H,3-5,7-9H2,1-2H3,(H,14,15). The number of nitrogens with zero attached hydrogens (tertiary/aromatic N) is 1. The summed E-state index contributed by atoms with van der Waals surface area (Å²) in [4.78, 5) is 12.9. The summed E-state index contributed by atoms with van der Waals surface area (Å²) in [5.74, 6) is -0.812. The number of hydrogen-bond donors (Lipinski definition) is 1. The van der Waals surface area contributed by atoms with E-state index >= 15 is 0 Å². The second-order valence-corrected chi connectivity index (χ2v) is 4.24. The Labute approximate surface area is 96.9 Å². The summed E-state index contributed by atoms with van der Waals surface area (Å²) in [7, 11) is 1.99. The number of hydrogen-bond acceptors (Lipinski definition) is 3. The average Bonchev–Trinajstić information content (AvgIpc) is 2.70. The molecule has 0 amide bonds. The highest BCUT2D eigenvalue weighted by Crippen LogP contribution is 2.12. The molecular weight excluding hydrogens is 206 g/mol. The zero-order valence-electron chi connectivity index (χ0n) is 10.1. The first-order chi connectivity index (χ1) is 7.63. The van der Waals surface area contributed by atoms with Crippen LogP contribution in [0.5, 0.6) is 0 Å². The van der Waals surface area contributed by atoms with E-state index in [9.17, 15) is 4.79 Å². The molecule has 0 spiro atoms. The highest BCUT2D eigenvalue weighted by molar-refractivity contribution is 5.86. The SMILES string of the molecule is CCC(=CCN(C)CC1CCCO1)C(=O)O. The molecule has 1 rings (SSSR count). The van der Waals surface area contributed by atoms with Crippen LogP contribution in [0.15, 0.2) is 11.6 Å². The van der Waals surface area contributed by atoms with Crippen molar-refractivity contribution in [3.8, 4) is 0 Å². The molecular formula is C12H21NO3. The van der Waals surface area contributed by atoms with Gasteiger partial charge >= 0.3 is 5.97 Å². The van der Waals surface area contributed by atoms with Crippen molar-refractivity contribution < 1.29 is 14.6 Å². The molecule has 1 fully saturated rings. The van der Waals surface area contributed by atoms with Gasteiger partial charge in [0.1, 0.15) is 0 Å². The molecule has 4 nitrogen and oxygen atoms in total. The molecule has 92 valence electrons. The Morgan fingerprint density at radius 2 is 2.38 bits per heavy atom. The van der Waals surface area contributed by atoms with Crippen LogP contribution in [0, 0.1) is 0 Å². The van der Waals surface area contributed by atoms with Crippen LogP contribution in [0.1, 0.15) is 26.2 Å². The lowest BCUT2D eigenvalue weighted by Crippen LogP contribution is -2.29. The predicted molar refractivity (Wildman–Crippen MR) is 62.5 cm³/mol. The van der Waals surface area contributed by atoms with E-state index in [1.807, 2.05) is 14.0 Å². The first-order valence-electron chi connectivity index (χ1n) is 5.86. The minimum absolute atomic E-state index is 0.327. The van der Waals surface area contributed by atoms with Crippen LogP contribution in [0.3, 0.4) is 0 Å². The van der Waals surface area contributed by atoms with Crippen LogP contribution >= 0.6 is 0 Å². The van der Waals surface area contributed by atoms with Gasteiger partial charge in [-0.25, -0.2) is 4.79 Å². The fourth-order valence-electron chi connectivity index (χ4n) is 1.86. The first kappa shape index (κ1) is 13.2. The summed E-state index contributed by atoms with van der Waals surface area (Å²) in [6, 6.07) is 0. The van der Waals surface area contributed by atoms with E-state index in [1.165, 1.54) is 0 Å². The lowest BCUT2D eigenvalue weighted by Gasteiger charge is -2.18. The van der Waals surface area contributed by atoms with Gasteiger partial charge in [0.15, 0.2) is 0 Å². The summed E-state index contributed by atoms with van der Waals surface area (Å²) in [6.07, 6.45) is 4.95. The highest BCUT2D eigenvalue weighted by Gasteiger charge is 2.16. The molecule has 0 bridgehead atoms. The summed E-state index contributed by atoms with van der Waals surface area (Å²) >= 11 is 0. The molecule has 0 aliphatic carbocycles. The number of carbonyl (C=O) groups is 1. The zero-order chi connectivity index (χ0) is 12.0. The van der Waals surface area contributed by atoms with Crippen LogP contribution in [0.4, 0.5) is 0 Å². The third kappa shape index (κ3) is 4.33. The van der Waals surface area contributed by atoms with Crippen LogP contribution in [-0.2, 0) is 9.53 Å². The van der Waals surface area contributed by atoms with Crippen molar-refractivity contribution >= 4 is 5.97 Å². The molecule has 1 unspecified atom stereocenters. The van der Waals surface area contributed by atoms with Gasteiger partial charge in [0.25, 0.3) is 0 Å². The topological polar surface area (TPSA) is 49.8 Å². The van der Waals surface area contributed by atoms with Crippen molar-refractivity contribution in [3.63, 3.8) is 0 Å². The molecule has 1 N–H and O–H groups in total. The Bertz CT molecular complexity index is 257. The summed E-state index contributed by atoms with van der Waals surface area (Å²) < 4.78 is 5.53. The van der Waals surface area contributed by atoms with Gasteiger partial charge in [-0.15, -0.1) is 0 Å². The van der Waals surface area contributed by atoms with E-state index in [1.54, 1.807) is 6.08 Å². The highest BCUT2D eigenvalue weighted by atomic mass is 16.5. The van der Waals surface area contributed by atoms with Crippen molar-refractivity contribution in [1.82, 2.24) is 4.90 Å². The Balaban J connectivity index is 2.32. The molecule has 1 aliphatic heterocycles. The van der Waals surface area contributed by atoms with Gasteiger partial charge in [0.05, 0.1) is 6.10 Å². The van der Waals surface area contributed by atoms with Gasteiger partial charge in [0, 0.05) is 25.3 Å². The minimum atomic E-state index is -0.812. The fraction of sp³-hybridized carbons (Fsp3) is 0.750. The Hall–Kier alpha value is -0.870. The van der Waals surface area contributed by atoms with Gasteiger partial charge in [-0.2, -0.15) is 0 Å². The quantitative estimate of drug-likeness (QED) is 0.699. The average molecular weight is 227 g/mol. The molecule has 4 heteroatoms. The van der Waals surface area contributed by atoms with Crippen LogP contribution in [0.2, 0.25) is 0 Å². The number of carboxylic acid groups (broad SMARTS) is 1. The monoisotopic (exact) mass is 227 g/mol. The third-order valence-corrected chi connectivity index (χ3v) is 2.84. The largest absolute Gasteiger partial charge is 0.478 e. The summed E-state index contributed by atoms with van der Waals surface area (Å²) in [6.45, 7) is 4.28. The van der Waals surface area contributed by atoms with E-state index in [-0.39, 0.29) is 0 Å². The van der Waals surface area contributed by atoms with E-state index in [0.717, 1.165) is 26.0 Å². The summed E-state index contributed by atoms with van der Waals surface area (Å²) in [5.41, 5.74) is 0.485. The molecule has 1 saturated heterocycles. The molecule has 0 radical (unpaired) electrons. The molecule has 0 aromatic rings. The van der Waals surface area contributed by atoms with Crippen LogP contribution in [-0.4, -0.2) is 48.8 Å². The van der Waals surface area contributed by atoms with E-state index in [4.69, 9.17) is 9.84 Å². The fourth-order valence-corrected chi connectivity index (χ4v) is 1.86. The molecule has 0 aromatic heterocycles. The van der Waals surface area contributed by atoms with Gasteiger partial charge in [-0.3, -0.25) is 0 Å². The Kier molecular flexibility index (Phi) is 5.49. The van der Waals surface area contributed by atoms with Crippen molar-refractivity contribution in [3.05, 3.63) is 11.6 Å². The smallest absolute Gasteiger partial charge is 0.331 e. The van der Waals surface area contributed by atoms with Crippen molar-refractivity contribution in [1.29, 1.82) is 0 Å². The minimum Gasteiger partial charge on any atom is -0.478 e. The van der Waals surface area contributed by atoms with Gasteiger partial charge in [-0.05, 0) is 26.3 Å².